The predicted molar refractivity (Wildman–Crippen MR) is 112 cm³/mol. The first kappa shape index (κ1) is 18.9. The molecule has 1 fully saturated rings. The number of rotatable bonds is 8. The van der Waals surface area contributed by atoms with Crippen LogP contribution in [-0.2, 0) is 13.0 Å². The van der Waals surface area contributed by atoms with Gasteiger partial charge in [0.1, 0.15) is 12.4 Å². The quantitative estimate of drug-likeness (QED) is 0.625. The summed E-state index contributed by atoms with van der Waals surface area (Å²) in [6, 6.07) is 17.4. The lowest BCUT2D eigenvalue weighted by molar-refractivity contribution is 0.209. The van der Waals surface area contributed by atoms with Crippen LogP contribution in [0.2, 0.25) is 0 Å². The molecule has 4 rings (SSSR count). The SMILES string of the molecule is O=C(Nc1cccc(OCc2cccnc2)c1)N(CCc1ccccn1)C1CC1. The van der Waals surface area contributed by atoms with E-state index >= 15 is 0 Å². The smallest absolute Gasteiger partial charge is 0.322 e. The van der Waals surface area contributed by atoms with Gasteiger partial charge in [0.2, 0.25) is 0 Å². The van der Waals surface area contributed by atoms with Gasteiger partial charge in [0.15, 0.2) is 0 Å². The summed E-state index contributed by atoms with van der Waals surface area (Å²) in [7, 11) is 0. The third kappa shape index (κ3) is 5.54. The summed E-state index contributed by atoms with van der Waals surface area (Å²) in [6.45, 7) is 1.09. The zero-order valence-corrected chi connectivity index (χ0v) is 16.2. The number of anilines is 1. The Morgan fingerprint density at radius 3 is 2.79 bits per heavy atom. The molecule has 0 atom stereocenters. The Hall–Kier alpha value is -3.41. The van der Waals surface area contributed by atoms with Crippen molar-refractivity contribution < 1.29 is 9.53 Å². The zero-order chi connectivity index (χ0) is 19.9. The molecule has 0 radical (unpaired) electrons. The number of urea groups is 1. The first-order chi connectivity index (χ1) is 14.3. The topological polar surface area (TPSA) is 67.3 Å². The van der Waals surface area contributed by atoms with Crippen LogP contribution in [0.25, 0.3) is 0 Å². The number of benzene rings is 1. The van der Waals surface area contributed by atoms with Gasteiger partial charge in [0, 0.05) is 60.6 Å². The molecule has 3 aromatic rings. The average Bonchev–Trinajstić information content (AvgIpc) is 3.59. The van der Waals surface area contributed by atoms with E-state index in [4.69, 9.17) is 4.74 Å². The summed E-state index contributed by atoms with van der Waals surface area (Å²) in [5, 5.41) is 3.01. The Labute approximate surface area is 170 Å². The van der Waals surface area contributed by atoms with E-state index < -0.39 is 0 Å². The van der Waals surface area contributed by atoms with Gasteiger partial charge in [-0.1, -0.05) is 18.2 Å². The molecule has 1 saturated carbocycles. The van der Waals surface area contributed by atoms with Gasteiger partial charge in [-0.05, 0) is 43.2 Å². The summed E-state index contributed by atoms with van der Waals surface area (Å²) in [5.74, 6) is 0.707. The minimum Gasteiger partial charge on any atom is -0.489 e. The minimum atomic E-state index is -0.0761. The molecule has 2 amide bonds. The van der Waals surface area contributed by atoms with Gasteiger partial charge in [-0.2, -0.15) is 0 Å². The summed E-state index contributed by atoms with van der Waals surface area (Å²) < 4.78 is 5.83. The van der Waals surface area contributed by atoms with E-state index in [2.05, 4.69) is 15.3 Å². The maximum absolute atomic E-state index is 12.9. The van der Waals surface area contributed by atoms with Crippen LogP contribution in [0.5, 0.6) is 5.75 Å². The van der Waals surface area contributed by atoms with Crippen LogP contribution in [0.15, 0.2) is 73.2 Å². The van der Waals surface area contributed by atoms with Crippen LogP contribution in [0, 0.1) is 0 Å². The first-order valence-corrected chi connectivity index (χ1v) is 9.87. The Bertz CT molecular complexity index is 930. The minimum absolute atomic E-state index is 0.0761. The largest absolute Gasteiger partial charge is 0.489 e. The Balaban J connectivity index is 1.35. The van der Waals surface area contributed by atoms with Crippen LogP contribution in [0.1, 0.15) is 24.1 Å². The van der Waals surface area contributed by atoms with Crippen molar-refractivity contribution in [3.8, 4) is 5.75 Å². The third-order valence-electron chi connectivity index (χ3n) is 4.80. The van der Waals surface area contributed by atoms with E-state index in [9.17, 15) is 4.79 Å². The first-order valence-electron chi connectivity index (χ1n) is 9.87. The van der Waals surface area contributed by atoms with Crippen molar-refractivity contribution in [2.45, 2.75) is 31.9 Å². The van der Waals surface area contributed by atoms with Gasteiger partial charge in [-0.3, -0.25) is 9.97 Å². The molecule has 0 spiro atoms. The molecule has 29 heavy (non-hydrogen) atoms. The fraction of sp³-hybridized carbons (Fsp3) is 0.261. The molecule has 0 aliphatic heterocycles. The van der Waals surface area contributed by atoms with Gasteiger partial charge < -0.3 is 15.0 Å². The van der Waals surface area contributed by atoms with Gasteiger partial charge in [0.25, 0.3) is 0 Å². The molecule has 6 nitrogen and oxygen atoms in total. The molecule has 1 N–H and O–H groups in total. The molecule has 1 aliphatic rings. The molecule has 6 heteroatoms. The highest BCUT2D eigenvalue weighted by Gasteiger charge is 2.32. The molecule has 148 valence electrons. The molecule has 0 bridgehead atoms. The summed E-state index contributed by atoms with van der Waals surface area (Å²) in [6.07, 6.45) is 8.17. The molecule has 0 saturated heterocycles. The molecule has 2 aromatic heterocycles. The van der Waals surface area contributed by atoms with Crippen LogP contribution >= 0.6 is 0 Å². The van der Waals surface area contributed by atoms with E-state index in [1.165, 1.54) is 0 Å². The number of carbonyl (C=O) groups excluding carboxylic acids is 1. The van der Waals surface area contributed by atoms with Crippen molar-refractivity contribution in [1.29, 1.82) is 0 Å². The van der Waals surface area contributed by atoms with Crippen molar-refractivity contribution in [2.24, 2.45) is 0 Å². The maximum Gasteiger partial charge on any atom is 0.322 e. The maximum atomic E-state index is 12.9. The van der Waals surface area contributed by atoms with Crippen molar-refractivity contribution in [3.05, 3.63) is 84.4 Å². The van der Waals surface area contributed by atoms with Crippen LogP contribution in [-0.4, -0.2) is 33.5 Å². The fourth-order valence-electron chi connectivity index (χ4n) is 3.13. The lowest BCUT2D eigenvalue weighted by atomic mass is 10.2. The van der Waals surface area contributed by atoms with Crippen molar-refractivity contribution in [3.63, 3.8) is 0 Å². The predicted octanol–water partition coefficient (Wildman–Crippen LogP) is 4.29. The Morgan fingerprint density at radius 1 is 1.10 bits per heavy atom. The number of hydrogen-bond donors (Lipinski definition) is 1. The molecular formula is C23H24N4O2. The molecule has 0 unspecified atom stereocenters. The lowest BCUT2D eigenvalue weighted by Gasteiger charge is -2.23. The summed E-state index contributed by atoms with van der Waals surface area (Å²) in [5.41, 5.74) is 2.72. The zero-order valence-electron chi connectivity index (χ0n) is 16.2. The van der Waals surface area contributed by atoms with Crippen LogP contribution < -0.4 is 10.1 Å². The van der Waals surface area contributed by atoms with Gasteiger partial charge in [0.05, 0.1) is 0 Å². The second-order valence-corrected chi connectivity index (χ2v) is 7.10. The van der Waals surface area contributed by atoms with Gasteiger partial charge >= 0.3 is 6.03 Å². The van der Waals surface area contributed by atoms with Crippen molar-refractivity contribution >= 4 is 11.7 Å². The number of hydrogen-bond acceptors (Lipinski definition) is 4. The van der Waals surface area contributed by atoms with Gasteiger partial charge in [-0.15, -0.1) is 0 Å². The highest BCUT2D eigenvalue weighted by molar-refractivity contribution is 5.90. The standard InChI is InChI=1S/C23H24N4O2/c28-23(27(21-9-10-21)14-11-19-6-1-2-13-25-19)26-20-7-3-8-22(15-20)29-17-18-5-4-12-24-16-18/h1-8,12-13,15-16,21H,9-11,14,17H2,(H,26,28). The van der Waals surface area contributed by atoms with E-state index in [1.54, 1.807) is 18.6 Å². The molecule has 1 aliphatic carbocycles. The second kappa shape index (κ2) is 9.19. The second-order valence-electron chi connectivity index (χ2n) is 7.10. The molecular weight excluding hydrogens is 364 g/mol. The number of pyridine rings is 2. The van der Waals surface area contributed by atoms with E-state index in [-0.39, 0.29) is 6.03 Å². The number of ether oxygens (including phenoxy) is 1. The third-order valence-corrected chi connectivity index (χ3v) is 4.80. The average molecular weight is 388 g/mol. The lowest BCUT2D eigenvalue weighted by Crippen LogP contribution is -2.38. The van der Waals surface area contributed by atoms with Crippen LogP contribution in [0.4, 0.5) is 10.5 Å². The van der Waals surface area contributed by atoms with E-state index in [0.717, 1.165) is 36.2 Å². The number of carbonyl (C=O) groups is 1. The highest BCUT2D eigenvalue weighted by Crippen LogP contribution is 2.28. The van der Waals surface area contributed by atoms with Crippen molar-refractivity contribution in [2.75, 3.05) is 11.9 Å². The number of amides is 2. The van der Waals surface area contributed by atoms with E-state index in [1.807, 2.05) is 59.5 Å². The normalized spacial score (nSPS) is 13.0. The Kier molecular flexibility index (Phi) is 6.00. The summed E-state index contributed by atoms with van der Waals surface area (Å²) in [4.78, 5) is 23.2. The molecule has 1 aromatic carbocycles. The van der Waals surface area contributed by atoms with Gasteiger partial charge in [-0.25, -0.2) is 4.79 Å². The van der Waals surface area contributed by atoms with E-state index in [0.29, 0.717) is 24.9 Å². The number of aromatic nitrogens is 2. The Morgan fingerprint density at radius 2 is 2.03 bits per heavy atom. The highest BCUT2D eigenvalue weighted by atomic mass is 16.5. The van der Waals surface area contributed by atoms with Crippen molar-refractivity contribution in [1.82, 2.24) is 14.9 Å². The summed E-state index contributed by atoms with van der Waals surface area (Å²) >= 11 is 0. The number of nitrogens with one attached hydrogen (secondary N) is 1. The fourth-order valence-corrected chi connectivity index (χ4v) is 3.13. The van der Waals surface area contributed by atoms with Crippen LogP contribution in [0.3, 0.4) is 0 Å². The molecule has 2 heterocycles. The monoisotopic (exact) mass is 388 g/mol. The number of nitrogens with zero attached hydrogens (tertiary/aromatic N) is 3.